The molecule has 2 N–H and O–H groups in total. The molecule has 0 radical (unpaired) electrons. The zero-order valence-electron chi connectivity index (χ0n) is 21.5. The number of hydrogen-bond donors (Lipinski definition) is 2. The Balaban J connectivity index is 1.28. The van der Waals surface area contributed by atoms with Gasteiger partial charge in [0.1, 0.15) is 5.76 Å². The van der Waals surface area contributed by atoms with Gasteiger partial charge in [0.2, 0.25) is 0 Å². The Morgan fingerprint density at radius 1 is 1.16 bits per heavy atom. The lowest BCUT2D eigenvalue weighted by atomic mass is 9.50. The summed E-state index contributed by atoms with van der Waals surface area (Å²) in [6.45, 7) is 2.14. The van der Waals surface area contributed by atoms with E-state index in [9.17, 15) is 19.8 Å². The largest absolute Gasteiger partial charge is 0.493 e. The van der Waals surface area contributed by atoms with Crippen molar-refractivity contribution in [3.63, 3.8) is 0 Å². The Morgan fingerprint density at radius 2 is 1.92 bits per heavy atom. The molecule has 2 heterocycles. The molecular formula is C29H31NO8. The van der Waals surface area contributed by atoms with E-state index in [0.717, 1.165) is 17.7 Å². The van der Waals surface area contributed by atoms with Gasteiger partial charge in [0.15, 0.2) is 29.8 Å². The molecule has 1 saturated heterocycles. The topological polar surface area (TPSA) is 115 Å². The first kappa shape index (κ1) is 24.9. The standard InChI is InChI=1S/C29H31NO8/c1-16(36-27(33)23(31)17-7-5-4-6-8-17)26(32)37-20-11-12-29(34)21-15-18-9-10-19(35-3)24-22(18)28(29,25(20)38-24)13-14-30(21)2/h4-11,16,21,23,25,31,34H,12-15H2,1-3H3/t16?,21-,23+,25+,28+,29-/m1/s1. The minimum atomic E-state index is -1.52. The Morgan fingerprint density at radius 3 is 2.66 bits per heavy atom. The molecule has 1 unspecified atom stereocenters. The van der Waals surface area contributed by atoms with E-state index < -0.39 is 41.3 Å². The first-order chi connectivity index (χ1) is 18.2. The van der Waals surface area contributed by atoms with E-state index in [2.05, 4.69) is 4.90 Å². The number of ether oxygens (including phenoxy) is 4. The molecule has 4 aliphatic rings. The summed E-state index contributed by atoms with van der Waals surface area (Å²) in [5, 5.41) is 22.6. The number of rotatable bonds is 6. The molecule has 0 amide bonds. The van der Waals surface area contributed by atoms with Crippen LogP contribution in [0.1, 0.15) is 42.6 Å². The van der Waals surface area contributed by atoms with Crippen LogP contribution in [0.4, 0.5) is 0 Å². The molecule has 2 aromatic rings. The monoisotopic (exact) mass is 521 g/mol. The van der Waals surface area contributed by atoms with E-state index >= 15 is 0 Å². The van der Waals surface area contributed by atoms with Crippen LogP contribution in [0.3, 0.4) is 0 Å². The van der Waals surface area contributed by atoms with E-state index in [1.165, 1.54) is 6.92 Å². The summed E-state index contributed by atoms with van der Waals surface area (Å²) in [6.07, 6.45) is -0.264. The molecule has 1 spiro atoms. The first-order valence-electron chi connectivity index (χ1n) is 12.9. The lowest BCUT2D eigenvalue weighted by Gasteiger charge is -2.61. The summed E-state index contributed by atoms with van der Waals surface area (Å²) in [6, 6.07) is 12.1. The van der Waals surface area contributed by atoms with Gasteiger partial charge in [-0.2, -0.15) is 0 Å². The summed E-state index contributed by atoms with van der Waals surface area (Å²) in [4.78, 5) is 27.8. The normalized spacial score (nSPS) is 30.3. The fourth-order valence-electron chi connectivity index (χ4n) is 6.85. The number of piperidine rings is 1. The second-order valence-corrected chi connectivity index (χ2v) is 10.6. The predicted molar refractivity (Wildman–Crippen MR) is 135 cm³/mol. The Labute approximate surface area is 220 Å². The van der Waals surface area contributed by atoms with Crippen LogP contribution in [0, 0.1) is 0 Å². The number of benzene rings is 2. The van der Waals surface area contributed by atoms with E-state index in [0.29, 0.717) is 29.9 Å². The van der Waals surface area contributed by atoms with Crippen LogP contribution in [0.25, 0.3) is 0 Å². The number of nitrogens with zero attached hydrogens (tertiary/aromatic N) is 1. The average Bonchev–Trinajstić information content (AvgIpc) is 3.28. The van der Waals surface area contributed by atoms with Gasteiger partial charge >= 0.3 is 11.9 Å². The van der Waals surface area contributed by atoms with Crippen LogP contribution in [-0.4, -0.2) is 71.6 Å². The van der Waals surface area contributed by atoms with Gasteiger partial charge in [-0.1, -0.05) is 36.4 Å². The quantitative estimate of drug-likeness (QED) is 0.552. The van der Waals surface area contributed by atoms with Crippen molar-refractivity contribution in [2.45, 2.75) is 61.6 Å². The number of hydrogen-bond acceptors (Lipinski definition) is 9. The highest BCUT2D eigenvalue weighted by Gasteiger charge is 2.72. The molecule has 2 aliphatic carbocycles. The molecular weight excluding hydrogens is 490 g/mol. The van der Waals surface area contributed by atoms with Crippen LogP contribution in [0.15, 0.2) is 54.3 Å². The number of carbonyl (C=O) groups excluding carboxylic acids is 2. The zero-order chi connectivity index (χ0) is 26.8. The molecule has 1 fully saturated rings. The highest BCUT2D eigenvalue weighted by Crippen LogP contribution is 2.65. The number of likely N-dealkylation sites (tertiary alicyclic amines) is 1. The van der Waals surface area contributed by atoms with Crippen molar-refractivity contribution in [1.82, 2.24) is 4.90 Å². The van der Waals surface area contributed by atoms with Crippen molar-refractivity contribution >= 4 is 11.9 Å². The van der Waals surface area contributed by atoms with Crippen molar-refractivity contribution in [1.29, 1.82) is 0 Å². The molecule has 0 saturated carbocycles. The summed E-state index contributed by atoms with van der Waals surface area (Å²) in [7, 11) is 3.60. The van der Waals surface area contributed by atoms with Gasteiger partial charge in [-0.3, -0.25) is 0 Å². The number of likely N-dealkylation sites (N-methyl/N-ethyl adjacent to an activating group) is 1. The first-order valence-corrected chi connectivity index (χ1v) is 12.9. The van der Waals surface area contributed by atoms with Gasteiger partial charge in [-0.05, 0) is 56.6 Å². The molecule has 9 nitrogen and oxygen atoms in total. The molecule has 38 heavy (non-hydrogen) atoms. The van der Waals surface area contributed by atoms with E-state index in [1.54, 1.807) is 43.5 Å². The van der Waals surface area contributed by atoms with Crippen LogP contribution in [-0.2, 0) is 30.9 Å². The van der Waals surface area contributed by atoms with Gasteiger partial charge in [0.05, 0.1) is 18.1 Å². The third-order valence-corrected chi connectivity index (χ3v) is 8.74. The molecule has 200 valence electrons. The highest BCUT2D eigenvalue weighted by atomic mass is 16.6. The number of aliphatic hydroxyl groups excluding tert-OH is 1. The van der Waals surface area contributed by atoms with Crippen LogP contribution < -0.4 is 9.47 Å². The van der Waals surface area contributed by atoms with Crippen molar-refractivity contribution in [2.24, 2.45) is 0 Å². The Bertz CT molecular complexity index is 1330. The fourth-order valence-corrected chi connectivity index (χ4v) is 6.85. The maximum atomic E-state index is 13.1. The number of carbonyl (C=O) groups is 2. The lowest BCUT2D eigenvalue weighted by molar-refractivity contribution is -0.178. The van der Waals surface area contributed by atoms with Crippen LogP contribution in [0.5, 0.6) is 11.5 Å². The summed E-state index contributed by atoms with van der Waals surface area (Å²) in [5.74, 6) is -0.323. The van der Waals surface area contributed by atoms with Crippen molar-refractivity contribution in [2.75, 3.05) is 20.7 Å². The number of aliphatic hydroxyl groups is 2. The van der Waals surface area contributed by atoms with Gasteiger partial charge in [-0.15, -0.1) is 0 Å². The van der Waals surface area contributed by atoms with Gasteiger partial charge in [-0.25, -0.2) is 9.59 Å². The van der Waals surface area contributed by atoms with Gasteiger partial charge in [0, 0.05) is 18.0 Å². The molecule has 6 rings (SSSR count). The van der Waals surface area contributed by atoms with Crippen LogP contribution >= 0.6 is 0 Å². The Hall–Kier alpha value is -3.40. The maximum absolute atomic E-state index is 13.1. The number of methoxy groups -OCH3 is 1. The minimum absolute atomic E-state index is 0.123. The zero-order valence-corrected chi connectivity index (χ0v) is 21.5. The number of esters is 2. The SMILES string of the molecule is COc1ccc2c3c1O[C@H]1C(OC(=O)C(C)OC(=O)[C@@H](O)c4ccccc4)=CC[C@@]4(O)[C@@H](C2)N(C)CC[C@]314. The predicted octanol–water partition coefficient (Wildman–Crippen LogP) is 2.18. The molecule has 2 aliphatic heterocycles. The lowest BCUT2D eigenvalue weighted by Crippen LogP contribution is -2.74. The van der Waals surface area contributed by atoms with E-state index in [-0.39, 0.29) is 18.2 Å². The van der Waals surface area contributed by atoms with E-state index in [4.69, 9.17) is 18.9 Å². The molecule has 2 bridgehead atoms. The second-order valence-electron chi connectivity index (χ2n) is 10.6. The maximum Gasteiger partial charge on any atom is 0.352 e. The third-order valence-electron chi connectivity index (χ3n) is 8.74. The summed E-state index contributed by atoms with van der Waals surface area (Å²) in [5.41, 5.74) is 0.455. The summed E-state index contributed by atoms with van der Waals surface area (Å²) < 4.78 is 23.1. The fraction of sp³-hybridized carbons (Fsp3) is 0.448. The van der Waals surface area contributed by atoms with Crippen molar-refractivity contribution in [3.8, 4) is 11.5 Å². The van der Waals surface area contributed by atoms with Crippen molar-refractivity contribution < 1.29 is 38.7 Å². The molecule has 9 heteroatoms. The average molecular weight is 522 g/mol. The van der Waals surface area contributed by atoms with Crippen LogP contribution in [0.2, 0.25) is 0 Å². The summed E-state index contributed by atoms with van der Waals surface area (Å²) >= 11 is 0. The second kappa shape index (κ2) is 8.83. The van der Waals surface area contributed by atoms with E-state index in [1.807, 2.05) is 19.2 Å². The van der Waals surface area contributed by atoms with Crippen molar-refractivity contribution in [3.05, 3.63) is 71.0 Å². The smallest absolute Gasteiger partial charge is 0.352 e. The molecule has 0 aromatic heterocycles. The third kappa shape index (κ3) is 3.35. The highest BCUT2D eigenvalue weighted by molar-refractivity contribution is 5.82. The Kier molecular flexibility index (Phi) is 5.79. The van der Waals surface area contributed by atoms with Gasteiger partial charge < -0.3 is 34.1 Å². The molecule has 2 aromatic carbocycles. The van der Waals surface area contributed by atoms with Gasteiger partial charge in [0.25, 0.3) is 0 Å². The minimum Gasteiger partial charge on any atom is -0.493 e. The molecule has 6 atom stereocenters.